The predicted octanol–water partition coefficient (Wildman–Crippen LogP) is 26.5. The molecule has 2 aromatic heterocycles. The summed E-state index contributed by atoms with van der Waals surface area (Å²) in [5.74, 6) is -1.21. The van der Waals surface area contributed by atoms with Gasteiger partial charge in [0.15, 0.2) is 0 Å². The molecule has 0 N–H and O–H groups in total. The van der Waals surface area contributed by atoms with Gasteiger partial charge in [-0.3, -0.25) is 0 Å². The molecule has 7 heteroatoms. The standard InChI is InChI=1S/C16H16.C14H9NO.C13H10O.2C11H10.C8H7N.C7H6F2.C7H7F.C7H8/c1-11-8-9-13-12-6-4-5-7-14(12)16(2,3)15(13)10-11;1-9-2-4-13-11(6-9)12-7-10(8-15)3-5-14(12)16-13;1-9-6-7-13-11(8-9)10-4-2-3-5-12(10)14-13;1-9-5-4-7-10-6-2-3-8-11(9)10;1-9-6-7-10-4-2-3-5-11(10)8-9;1-7-2-4-8(6-9)5-3-7;1-5-2-6(8)4-7(9)3-5;1-6-2-4-7(8)5-3-6;1-7-5-3-2-4-6-7/h4-10H,1-3H3;2-7H,1H3;2-8H,1H3;2*2-8H,1H3;2-5H,1H3;2-4H,1H3;2-5H,1H3;2-6H,1H3. The Kier molecular flexibility index (Phi) is 25.3. The van der Waals surface area contributed by atoms with E-state index in [4.69, 9.17) is 19.4 Å². The van der Waals surface area contributed by atoms with Gasteiger partial charge in [0.1, 0.15) is 39.8 Å². The van der Waals surface area contributed by atoms with Crippen LogP contribution in [0.15, 0.2) is 312 Å². The molecule has 4 nitrogen and oxygen atoms in total. The van der Waals surface area contributed by atoms with Crippen LogP contribution in [-0.2, 0) is 5.41 Å². The number of hydrogen-bond acceptors (Lipinski definition) is 4. The summed E-state index contributed by atoms with van der Waals surface area (Å²) in [6.45, 7) is 22.9. The molecule has 0 unspecified atom stereocenters. The first kappa shape index (κ1) is 73.2. The molecule has 502 valence electrons. The summed E-state index contributed by atoms with van der Waals surface area (Å²) in [5.41, 5.74) is 21.6. The number of rotatable bonds is 0. The van der Waals surface area contributed by atoms with E-state index in [0.29, 0.717) is 11.1 Å². The molecule has 0 saturated heterocycles. The number of halogens is 3. The number of hydrogen-bond donors (Lipinski definition) is 0. The Balaban J connectivity index is 0.000000134. The van der Waals surface area contributed by atoms with Crippen LogP contribution in [-0.4, -0.2) is 0 Å². The lowest BCUT2D eigenvalue weighted by Gasteiger charge is -2.21. The SMILES string of the molecule is Cc1cc(F)cc(F)c1.Cc1ccc(C#N)cc1.Cc1ccc(F)cc1.Cc1ccc2c(c1)C(C)(C)c1ccccc1-2.Cc1ccc2ccccc2c1.Cc1ccc2oc3ccc(C#N)cc3c2c1.Cc1ccc2oc3ccccc3c2c1.Cc1cccc2ccccc12.Cc1ccccc1. The largest absolute Gasteiger partial charge is 0.456 e. The van der Waals surface area contributed by atoms with Gasteiger partial charge in [0, 0.05) is 33.0 Å². The molecule has 0 spiro atoms. The molecule has 16 aromatic rings. The molecule has 2 heterocycles. The van der Waals surface area contributed by atoms with Crippen molar-refractivity contribution < 1.29 is 22.0 Å². The van der Waals surface area contributed by atoms with E-state index in [-0.39, 0.29) is 11.2 Å². The van der Waals surface area contributed by atoms with Gasteiger partial charge in [-0.05, 0) is 202 Å². The third-order valence-electron chi connectivity index (χ3n) is 17.1. The zero-order valence-corrected chi connectivity index (χ0v) is 59.2. The van der Waals surface area contributed by atoms with Crippen molar-refractivity contribution >= 4 is 65.4 Å². The maximum Gasteiger partial charge on any atom is 0.135 e. The van der Waals surface area contributed by atoms with E-state index >= 15 is 0 Å². The van der Waals surface area contributed by atoms with Gasteiger partial charge < -0.3 is 8.83 Å². The molecule has 0 atom stereocenters. The third-order valence-corrected chi connectivity index (χ3v) is 17.1. The highest BCUT2D eigenvalue weighted by Gasteiger charge is 2.34. The average molecular weight is 1330 g/mol. The molecule has 1 aliphatic rings. The number of benzene rings is 14. The molecule has 1 aliphatic carbocycles. The highest BCUT2D eigenvalue weighted by atomic mass is 19.1. The highest BCUT2D eigenvalue weighted by Crippen LogP contribution is 2.48. The molecule has 14 aromatic carbocycles. The van der Waals surface area contributed by atoms with Gasteiger partial charge in [0.05, 0.1) is 23.3 Å². The molecule has 0 aliphatic heterocycles. The van der Waals surface area contributed by atoms with Crippen LogP contribution >= 0.6 is 0 Å². The quantitative estimate of drug-likeness (QED) is 0.152. The number of nitriles is 2. The second kappa shape index (κ2) is 35.0. The van der Waals surface area contributed by atoms with Crippen LogP contribution in [0.5, 0.6) is 0 Å². The molecule has 0 amide bonds. The van der Waals surface area contributed by atoms with Crippen molar-refractivity contribution in [1.82, 2.24) is 0 Å². The second-order valence-electron chi connectivity index (χ2n) is 25.8. The highest BCUT2D eigenvalue weighted by molar-refractivity contribution is 6.06. The Labute approximate surface area is 592 Å². The van der Waals surface area contributed by atoms with Crippen molar-refractivity contribution in [3.05, 3.63) is 393 Å². The third kappa shape index (κ3) is 20.3. The Morgan fingerprint density at radius 3 is 1.28 bits per heavy atom. The first-order valence-corrected chi connectivity index (χ1v) is 33.6. The van der Waals surface area contributed by atoms with E-state index in [9.17, 15) is 13.2 Å². The Hall–Kier alpha value is -12.0. The van der Waals surface area contributed by atoms with E-state index in [1.54, 1.807) is 25.1 Å². The van der Waals surface area contributed by atoms with Crippen LogP contribution < -0.4 is 0 Å². The minimum absolute atomic E-state index is 0.151. The zero-order chi connectivity index (χ0) is 72.0. The molecule has 0 saturated carbocycles. The van der Waals surface area contributed by atoms with E-state index in [2.05, 4.69) is 224 Å². The summed E-state index contributed by atoms with van der Waals surface area (Å²) in [4.78, 5) is 0. The number of aryl methyl sites for hydroxylation is 9. The van der Waals surface area contributed by atoms with Crippen molar-refractivity contribution in [2.45, 2.75) is 81.6 Å². The molecule has 17 rings (SSSR count). The monoisotopic (exact) mass is 1330 g/mol. The Bertz CT molecular complexity index is 5420. The van der Waals surface area contributed by atoms with Crippen molar-refractivity contribution in [1.29, 1.82) is 10.5 Å². The number of nitrogens with zero attached hydrogens (tertiary/aromatic N) is 2. The minimum atomic E-state index is -0.521. The van der Waals surface area contributed by atoms with Gasteiger partial charge in [0.25, 0.3) is 0 Å². The molecule has 0 bridgehead atoms. The summed E-state index contributed by atoms with van der Waals surface area (Å²) in [5, 5.41) is 27.1. The normalized spacial score (nSPS) is 10.9. The van der Waals surface area contributed by atoms with E-state index in [1.165, 1.54) is 118 Å². The minimum Gasteiger partial charge on any atom is -0.456 e. The Morgan fingerprint density at radius 1 is 0.267 bits per heavy atom. The van der Waals surface area contributed by atoms with Crippen LogP contribution in [0.2, 0.25) is 0 Å². The van der Waals surface area contributed by atoms with Gasteiger partial charge in [0.2, 0.25) is 0 Å². The molecule has 0 fully saturated rings. The fourth-order valence-electron chi connectivity index (χ4n) is 11.7. The first-order chi connectivity index (χ1) is 48.6. The maximum atomic E-state index is 12.2. The van der Waals surface area contributed by atoms with Crippen LogP contribution in [0.1, 0.15) is 86.2 Å². The number of para-hydroxylation sites is 1. The van der Waals surface area contributed by atoms with Crippen molar-refractivity contribution in [2.24, 2.45) is 0 Å². The van der Waals surface area contributed by atoms with Crippen molar-refractivity contribution in [3.63, 3.8) is 0 Å². The van der Waals surface area contributed by atoms with E-state index in [1.807, 2.05) is 112 Å². The first-order valence-electron chi connectivity index (χ1n) is 33.6. The molecule has 0 radical (unpaired) electrons. The van der Waals surface area contributed by atoms with Crippen molar-refractivity contribution in [3.8, 4) is 23.3 Å². The second-order valence-corrected chi connectivity index (χ2v) is 25.8. The Morgan fingerprint density at radius 2 is 0.693 bits per heavy atom. The van der Waals surface area contributed by atoms with E-state index < -0.39 is 11.6 Å². The summed E-state index contributed by atoms with van der Waals surface area (Å²) in [6.07, 6.45) is 0. The van der Waals surface area contributed by atoms with Crippen LogP contribution in [0.4, 0.5) is 13.2 Å². The number of furan rings is 2. The average Bonchev–Trinajstić information content (AvgIpc) is 1.60. The van der Waals surface area contributed by atoms with Gasteiger partial charge >= 0.3 is 0 Å². The fourth-order valence-corrected chi connectivity index (χ4v) is 11.7. The van der Waals surface area contributed by atoms with Gasteiger partial charge in [-0.25, -0.2) is 13.2 Å². The lowest BCUT2D eigenvalue weighted by Crippen LogP contribution is -2.14. The zero-order valence-electron chi connectivity index (χ0n) is 59.2. The van der Waals surface area contributed by atoms with Crippen LogP contribution in [0.3, 0.4) is 0 Å². The van der Waals surface area contributed by atoms with E-state index in [0.717, 1.165) is 50.3 Å². The number of fused-ring (bicyclic) bond motifs is 11. The van der Waals surface area contributed by atoms with Gasteiger partial charge in [-0.15, -0.1) is 0 Å². The predicted molar refractivity (Wildman–Crippen MR) is 417 cm³/mol. The van der Waals surface area contributed by atoms with Crippen molar-refractivity contribution in [2.75, 3.05) is 0 Å². The van der Waals surface area contributed by atoms with Gasteiger partial charge in [-0.2, -0.15) is 10.5 Å². The lowest BCUT2D eigenvalue weighted by molar-refractivity contribution is 0.581. The summed E-state index contributed by atoms with van der Waals surface area (Å²) >= 11 is 0. The maximum absolute atomic E-state index is 12.2. The van der Waals surface area contributed by atoms with Gasteiger partial charge in [-0.1, -0.05) is 265 Å². The lowest BCUT2D eigenvalue weighted by atomic mass is 9.82. The summed E-state index contributed by atoms with van der Waals surface area (Å²) in [6, 6.07) is 103. The fraction of sp³-hybridized carbons (Fsp3) is 0.128. The smallest absolute Gasteiger partial charge is 0.135 e. The van der Waals surface area contributed by atoms with Crippen LogP contribution in [0.25, 0.3) is 76.5 Å². The molecule has 101 heavy (non-hydrogen) atoms. The topological polar surface area (TPSA) is 73.9 Å². The molecular formula is C94H83F3N2O2. The summed E-state index contributed by atoms with van der Waals surface area (Å²) in [7, 11) is 0. The molecular weight excluding hydrogens is 1250 g/mol. The van der Waals surface area contributed by atoms with Crippen LogP contribution in [0, 0.1) is 102 Å². The summed E-state index contributed by atoms with van der Waals surface area (Å²) < 4.78 is 47.9.